The fourth-order valence-electron chi connectivity index (χ4n) is 4.66. The molecule has 0 radical (unpaired) electrons. The molecular formula is C22H26ClFN4O5S. The smallest absolute Gasteiger partial charge is 0.407 e. The SMILES string of the molecule is O=C(N[C@H]1CC[C@H](NS(=O)(=O)c2ccccc2F)CC1)O[C@@H]1CCC(c2cn[nH]c(=O)c2Cl)C1. The number of benzene rings is 1. The zero-order valence-electron chi connectivity index (χ0n) is 18.3. The van der Waals surface area contributed by atoms with E-state index in [1.54, 1.807) is 0 Å². The molecule has 3 N–H and O–H groups in total. The molecule has 2 saturated carbocycles. The summed E-state index contributed by atoms with van der Waals surface area (Å²) >= 11 is 6.08. The van der Waals surface area contributed by atoms with Crippen molar-refractivity contribution in [3.05, 3.63) is 57.2 Å². The number of halogens is 2. The van der Waals surface area contributed by atoms with Crippen molar-refractivity contribution >= 4 is 27.7 Å². The highest BCUT2D eigenvalue weighted by Gasteiger charge is 2.32. The largest absolute Gasteiger partial charge is 0.446 e. The van der Waals surface area contributed by atoms with E-state index in [0.717, 1.165) is 12.5 Å². The number of hydrogen-bond acceptors (Lipinski definition) is 6. The normalized spacial score (nSPS) is 25.1. The van der Waals surface area contributed by atoms with Gasteiger partial charge < -0.3 is 10.1 Å². The summed E-state index contributed by atoms with van der Waals surface area (Å²) in [6, 6.07) is 4.78. The Morgan fingerprint density at radius 3 is 2.56 bits per heavy atom. The highest BCUT2D eigenvalue weighted by molar-refractivity contribution is 7.89. The van der Waals surface area contributed by atoms with Gasteiger partial charge in [-0.2, -0.15) is 5.10 Å². The van der Waals surface area contributed by atoms with Gasteiger partial charge in [-0.25, -0.2) is 27.4 Å². The van der Waals surface area contributed by atoms with Crippen molar-refractivity contribution in [1.29, 1.82) is 0 Å². The van der Waals surface area contributed by atoms with Gasteiger partial charge in [0.1, 0.15) is 21.8 Å². The van der Waals surface area contributed by atoms with E-state index in [1.807, 2.05) is 0 Å². The Morgan fingerprint density at radius 2 is 1.82 bits per heavy atom. The third-order valence-corrected chi connectivity index (χ3v) is 8.36. The van der Waals surface area contributed by atoms with E-state index in [4.69, 9.17) is 16.3 Å². The first-order valence-corrected chi connectivity index (χ1v) is 13.1. The number of nitrogens with one attached hydrogen (secondary N) is 3. The number of ether oxygens (including phenoxy) is 1. The fraction of sp³-hybridized carbons (Fsp3) is 0.500. The third kappa shape index (κ3) is 5.76. The van der Waals surface area contributed by atoms with Crippen LogP contribution >= 0.6 is 11.6 Å². The number of nitrogens with zero attached hydrogens (tertiary/aromatic N) is 1. The molecule has 1 amide bonds. The fourth-order valence-corrected chi connectivity index (χ4v) is 6.29. The van der Waals surface area contributed by atoms with Crippen LogP contribution in [0, 0.1) is 5.82 Å². The highest BCUT2D eigenvalue weighted by atomic mass is 35.5. The molecule has 2 fully saturated rings. The summed E-state index contributed by atoms with van der Waals surface area (Å²) < 4.78 is 46.9. The minimum atomic E-state index is -3.95. The second-order valence-corrected chi connectivity index (χ2v) is 10.8. The lowest BCUT2D eigenvalue weighted by atomic mass is 9.92. The number of H-pyrrole nitrogens is 1. The first-order valence-electron chi connectivity index (χ1n) is 11.2. The molecule has 12 heteroatoms. The van der Waals surface area contributed by atoms with E-state index in [0.29, 0.717) is 44.1 Å². The predicted octanol–water partition coefficient (Wildman–Crippen LogP) is 3.21. The van der Waals surface area contributed by atoms with Gasteiger partial charge in [0.15, 0.2) is 0 Å². The summed E-state index contributed by atoms with van der Waals surface area (Å²) in [5.74, 6) is -0.794. The first-order chi connectivity index (χ1) is 16.2. The van der Waals surface area contributed by atoms with Crippen LogP contribution in [0.5, 0.6) is 0 Å². The number of carbonyl (C=O) groups excluding carboxylic acids is 1. The van der Waals surface area contributed by atoms with Crippen LogP contribution in [0.1, 0.15) is 56.4 Å². The molecule has 0 aliphatic heterocycles. The Balaban J connectivity index is 1.22. The number of amides is 1. The van der Waals surface area contributed by atoms with E-state index in [-0.39, 0.29) is 34.0 Å². The summed E-state index contributed by atoms with van der Waals surface area (Å²) in [6.07, 6.45) is 4.85. The Morgan fingerprint density at radius 1 is 1.12 bits per heavy atom. The third-order valence-electron chi connectivity index (χ3n) is 6.42. The second-order valence-electron chi connectivity index (χ2n) is 8.75. The van der Waals surface area contributed by atoms with Gasteiger partial charge >= 0.3 is 6.09 Å². The highest BCUT2D eigenvalue weighted by Crippen LogP contribution is 2.37. The molecule has 2 aliphatic carbocycles. The van der Waals surface area contributed by atoms with E-state index in [9.17, 15) is 22.4 Å². The molecule has 2 aliphatic rings. The minimum Gasteiger partial charge on any atom is -0.446 e. The summed E-state index contributed by atoms with van der Waals surface area (Å²) in [6.45, 7) is 0. The topological polar surface area (TPSA) is 130 Å². The lowest BCUT2D eigenvalue weighted by Crippen LogP contribution is -2.44. The number of rotatable bonds is 6. The van der Waals surface area contributed by atoms with Gasteiger partial charge in [-0.15, -0.1) is 0 Å². The van der Waals surface area contributed by atoms with Crippen LogP contribution in [0.3, 0.4) is 0 Å². The zero-order chi connectivity index (χ0) is 24.3. The van der Waals surface area contributed by atoms with Gasteiger partial charge in [0.05, 0.1) is 6.20 Å². The lowest BCUT2D eigenvalue weighted by Gasteiger charge is -2.29. The number of carbonyl (C=O) groups is 1. The van der Waals surface area contributed by atoms with Crippen molar-refractivity contribution in [2.45, 2.75) is 73.9 Å². The number of aromatic amines is 1. The van der Waals surface area contributed by atoms with Gasteiger partial charge in [0.2, 0.25) is 10.0 Å². The summed E-state index contributed by atoms with van der Waals surface area (Å²) in [4.78, 5) is 23.7. The van der Waals surface area contributed by atoms with Gasteiger partial charge in [-0.05, 0) is 68.6 Å². The molecule has 0 bridgehead atoms. The molecule has 0 spiro atoms. The number of sulfonamides is 1. The second kappa shape index (κ2) is 10.4. The van der Waals surface area contributed by atoms with Crippen LogP contribution in [0.15, 0.2) is 40.2 Å². The zero-order valence-corrected chi connectivity index (χ0v) is 19.9. The maximum Gasteiger partial charge on any atom is 0.407 e. The van der Waals surface area contributed by atoms with Crippen LogP contribution < -0.4 is 15.6 Å². The molecule has 2 aromatic rings. The maximum absolute atomic E-state index is 13.9. The van der Waals surface area contributed by atoms with E-state index in [2.05, 4.69) is 20.2 Å². The molecular weight excluding hydrogens is 487 g/mol. The summed E-state index contributed by atoms with van der Waals surface area (Å²) in [5.41, 5.74) is 0.223. The minimum absolute atomic E-state index is 0.00184. The van der Waals surface area contributed by atoms with Crippen molar-refractivity contribution in [1.82, 2.24) is 20.2 Å². The molecule has 2 atom stereocenters. The molecule has 184 valence electrons. The average molecular weight is 513 g/mol. The van der Waals surface area contributed by atoms with E-state index < -0.39 is 27.5 Å². The first kappa shape index (κ1) is 24.6. The number of hydrogen-bond donors (Lipinski definition) is 3. The average Bonchev–Trinajstić information content (AvgIpc) is 3.25. The van der Waals surface area contributed by atoms with Crippen LogP contribution in [-0.4, -0.2) is 42.9 Å². The molecule has 1 aromatic carbocycles. The van der Waals surface area contributed by atoms with Crippen LogP contribution in [0.25, 0.3) is 0 Å². The quantitative estimate of drug-likeness (QED) is 0.545. The Hall–Kier alpha value is -2.50. The maximum atomic E-state index is 13.9. The van der Waals surface area contributed by atoms with E-state index >= 15 is 0 Å². The van der Waals surface area contributed by atoms with Crippen LogP contribution in [0.2, 0.25) is 5.02 Å². The number of alkyl carbamates (subject to hydrolysis) is 1. The molecule has 9 nitrogen and oxygen atoms in total. The molecule has 34 heavy (non-hydrogen) atoms. The van der Waals surface area contributed by atoms with Gasteiger partial charge in [0, 0.05) is 12.1 Å². The van der Waals surface area contributed by atoms with Crippen LogP contribution in [0.4, 0.5) is 9.18 Å². The van der Waals surface area contributed by atoms with Crippen molar-refractivity contribution in [2.24, 2.45) is 0 Å². The summed E-state index contributed by atoms with van der Waals surface area (Å²) in [5, 5.41) is 9.06. The molecule has 0 saturated heterocycles. The summed E-state index contributed by atoms with van der Waals surface area (Å²) in [7, 11) is -3.95. The molecule has 4 rings (SSSR count). The van der Waals surface area contributed by atoms with Crippen molar-refractivity contribution < 1.29 is 22.3 Å². The molecule has 1 unspecified atom stereocenters. The lowest BCUT2D eigenvalue weighted by molar-refractivity contribution is 0.0948. The monoisotopic (exact) mass is 512 g/mol. The standard InChI is InChI=1S/C22H26ClFN4O5S/c23-20-17(12-25-27-21(20)29)13-5-10-16(11-13)33-22(30)26-14-6-8-15(9-7-14)28-34(31,32)19-4-2-1-3-18(19)24/h1-4,12-16,28H,5-11H2,(H,26,30)(H,27,29)/t13?,14-,15-,16-/m1/s1. The van der Waals surface area contributed by atoms with E-state index in [1.165, 1.54) is 24.4 Å². The Labute approximate surface area is 201 Å². The number of aromatic nitrogens is 2. The Bertz CT molecular complexity index is 1200. The van der Waals surface area contributed by atoms with Gasteiger partial charge in [-0.3, -0.25) is 4.79 Å². The van der Waals surface area contributed by atoms with Gasteiger partial charge in [0.25, 0.3) is 5.56 Å². The molecule has 1 heterocycles. The Kier molecular flexibility index (Phi) is 7.54. The van der Waals surface area contributed by atoms with Crippen LogP contribution in [-0.2, 0) is 14.8 Å². The van der Waals surface area contributed by atoms with Gasteiger partial charge in [-0.1, -0.05) is 23.7 Å². The van der Waals surface area contributed by atoms with Crippen molar-refractivity contribution in [2.75, 3.05) is 0 Å². The van der Waals surface area contributed by atoms with Crippen molar-refractivity contribution in [3.8, 4) is 0 Å². The van der Waals surface area contributed by atoms with Crippen molar-refractivity contribution in [3.63, 3.8) is 0 Å². The molecule has 1 aromatic heterocycles. The predicted molar refractivity (Wildman–Crippen MR) is 123 cm³/mol.